The van der Waals surface area contributed by atoms with Gasteiger partial charge in [0.1, 0.15) is 12.4 Å². The lowest BCUT2D eigenvalue weighted by atomic mass is 10.1. The predicted molar refractivity (Wildman–Crippen MR) is 78.7 cm³/mol. The van der Waals surface area contributed by atoms with Gasteiger partial charge in [-0.05, 0) is 33.0 Å². The Hall–Kier alpha value is -1.59. The molecule has 0 aliphatic heterocycles. The fourth-order valence-corrected chi connectivity index (χ4v) is 1.89. The number of nitrogens with one attached hydrogen (secondary N) is 1. The summed E-state index contributed by atoms with van der Waals surface area (Å²) in [6.45, 7) is 5.04. The highest BCUT2D eigenvalue weighted by Gasteiger charge is 2.17. The minimum Gasteiger partial charge on any atom is -0.492 e. The molecule has 5 heteroatoms. The van der Waals surface area contributed by atoms with Crippen molar-refractivity contribution in [3.05, 3.63) is 30.3 Å². The molecule has 2 N–H and O–H groups in total. The van der Waals surface area contributed by atoms with Gasteiger partial charge in [-0.1, -0.05) is 18.2 Å². The number of ether oxygens (including phenoxy) is 1. The Morgan fingerprint density at radius 1 is 1.35 bits per heavy atom. The summed E-state index contributed by atoms with van der Waals surface area (Å²) in [7, 11) is 1.80. The van der Waals surface area contributed by atoms with Crippen LogP contribution in [-0.4, -0.2) is 54.8 Å². The third kappa shape index (κ3) is 7.76. The molecule has 5 nitrogen and oxygen atoms in total. The molecule has 20 heavy (non-hydrogen) atoms. The fraction of sp³-hybridized carbons (Fsp3) is 0.533. The molecular formula is C15H24N2O3. The number of nitrogens with zero attached hydrogens (tertiary/aromatic N) is 1. The number of rotatable bonds is 8. The van der Waals surface area contributed by atoms with Crippen LogP contribution in [0.4, 0.5) is 0 Å². The van der Waals surface area contributed by atoms with E-state index >= 15 is 0 Å². The van der Waals surface area contributed by atoms with Gasteiger partial charge in [0.25, 0.3) is 0 Å². The SMILES string of the molecule is CN(CC(=O)NCCOc1ccccc1)CC(C)(C)O. The lowest BCUT2D eigenvalue weighted by molar-refractivity contribution is -0.122. The van der Waals surface area contributed by atoms with Crippen LogP contribution in [0.5, 0.6) is 5.75 Å². The molecule has 0 radical (unpaired) electrons. The summed E-state index contributed by atoms with van der Waals surface area (Å²) in [6, 6.07) is 9.48. The van der Waals surface area contributed by atoms with Gasteiger partial charge in [0.05, 0.1) is 18.7 Å². The smallest absolute Gasteiger partial charge is 0.234 e. The zero-order valence-corrected chi connectivity index (χ0v) is 12.4. The van der Waals surface area contributed by atoms with Crippen molar-refractivity contribution in [3.8, 4) is 5.75 Å². The Bertz CT molecular complexity index is 401. The average Bonchev–Trinajstić information content (AvgIpc) is 2.33. The summed E-state index contributed by atoms with van der Waals surface area (Å²) in [5.41, 5.74) is -0.800. The topological polar surface area (TPSA) is 61.8 Å². The second kappa shape index (κ2) is 7.87. The Labute approximate surface area is 120 Å². The molecule has 1 aromatic carbocycles. The standard InChI is InChI=1S/C15H24N2O3/c1-15(2,19)12-17(3)11-14(18)16-9-10-20-13-7-5-4-6-8-13/h4-8,19H,9-12H2,1-3H3,(H,16,18). The van der Waals surface area contributed by atoms with Gasteiger partial charge in [0, 0.05) is 6.54 Å². The second-order valence-corrected chi connectivity index (χ2v) is 5.50. The highest BCUT2D eigenvalue weighted by atomic mass is 16.5. The van der Waals surface area contributed by atoms with Crippen molar-refractivity contribution in [2.45, 2.75) is 19.4 Å². The van der Waals surface area contributed by atoms with Crippen molar-refractivity contribution < 1.29 is 14.6 Å². The number of benzene rings is 1. The van der Waals surface area contributed by atoms with Crippen LogP contribution in [-0.2, 0) is 4.79 Å². The van der Waals surface area contributed by atoms with Crippen LogP contribution in [0.1, 0.15) is 13.8 Å². The predicted octanol–water partition coefficient (Wildman–Crippen LogP) is 0.884. The number of hydrogen-bond donors (Lipinski definition) is 2. The van der Waals surface area contributed by atoms with Crippen molar-refractivity contribution in [3.63, 3.8) is 0 Å². The van der Waals surface area contributed by atoms with E-state index in [1.54, 1.807) is 25.8 Å². The number of likely N-dealkylation sites (N-methyl/N-ethyl adjacent to an activating group) is 1. The number of para-hydroxylation sites is 1. The average molecular weight is 280 g/mol. The van der Waals surface area contributed by atoms with E-state index in [0.29, 0.717) is 19.7 Å². The van der Waals surface area contributed by atoms with Gasteiger partial charge in [-0.2, -0.15) is 0 Å². The molecule has 0 spiro atoms. The van der Waals surface area contributed by atoms with Crippen LogP contribution >= 0.6 is 0 Å². The molecule has 0 aliphatic rings. The molecule has 112 valence electrons. The van der Waals surface area contributed by atoms with Crippen LogP contribution in [0.25, 0.3) is 0 Å². The molecule has 0 fully saturated rings. The van der Waals surface area contributed by atoms with Crippen LogP contribution in [0, 0.1) is 0 Å². The third-order valence-electron chi connectivity index (χ3n) is 2.51. The maximum Gasteiger partial charge on any atom is 0.234 e. The van der Waals surface area contributed by atoms with E-state index in [1.165, 1.54) is 0 Å². The van der Waals surface area contributed by atoms with Gasteiger partial charge in [-0.25, -0.2) is 0 Å². The summed E-state index contributed by atoms with van der Waals surface area (Å²) in [4.78, 5) is 13.4. The van der Waals surface area contributed by atoms with Crippen LogP contribution in [0.2, 0.25) is 0 Å². The first-order valence-electron chi connectivity index (χ1n) is 6.72. The lowest BCUT2D eigenvalue weighted by Gasteiger charge is -2.24. The zero-order chi connectivity index (χ0) is 15.0. The summed E-state index contributed by atoms with van der Waals surface area (Å²) in [6.07, 6.45) is 0. The van der Waals surface area contributed by atoms with Crippen LogP contribution < -0.4 is 10.1 Å². The lowest BCUT2D eigenvalue weighted by Crippen LogP contribution is -2.42. The summed E-state index contributed by atoms with van der Waals surface area (Å²) >= 11 is 0. The summed E-state index contributed by atoms with van der Waals surface area (Å²) in [5, 5.41) is 12.4. The van der Waals surface area contributed by atoms with Crippen molar-refractivity contribution in [2.75, 3.05) is 33.3 Å². The van der Waals surface area contributed by atoms with Crippen LogP contribution in [0.3, 0.4) is 0 Å². The number of carbonyl (C=O) groups is 1. The number of hydrogen-bond acceptors (Lipinski definition) is 4. The summed E-state index contributed by atoms with van der Waals surface area (Å²) < 4.78 is 5.47. The van der Waals surface area contributed by atoms with E-state index in [0.717, 1.165) is 5.75 Å². The molecule has 0 atom stereocenters. The van der Waals surface area contributed by atoms with E-state index < -0.39 is 5.60 Å². The molecule has 0 aromatic heterocycles. The van der Waals surface area contributed by atoms with Crippen molar-refractivity contribution in [2.24, 2.45) is 0 Å². The van der Waals surface area contributed by atoms with E-state index in [4.69, 9.17) is 4.74 Å². The van der Waals surface area contributed by atoms with Gasteiger partial charge in [-0.15, -0.1) is 0 Å². The van der Waals surface area contributed by atoms with E-state index in [9.17, 15) is 9.90 Å². The monoisotopic (exact) mass is 280 g/mol. The Morgan fingerprint density at radius 2 is 2.00 bits per heavy atom. The third-order valence-corrected chi connectivity index (χ3v) is 2.51. The maximum atomic E-state index is 11.7. The first-order valence-corrected chi connectivity index (χ1v) is 6.72. The number of carbonyl (C=O) groups excluding carboxylic acids is 1. The van der Waals surface area contributed by atoms with Crippen molar-refractivity contribution in [1.82, 2.24) is 10.2 Å². The number of amides is 1. The van der Waals surface area contributed by atoms with Gasteiger partial charge in [0.15, 0.2) is 0 Å². The van der Waals surface area contributed by atoms with E-state index in [2.05, 4.69) is 5.32 Å². The zero-order valence-electron chi connectivity index (χ0n) is 12.4. The minimum atomic E-state index is -0.800. The van der Waals surface area contributed by atoms with Gasteiger partial charge in [-0.3, -0.25) is 9.69 Å². The molecule has 0 unspecified atom stereocenters. The van der Waals surface area contributed by atoms with E-state index in [1.807, 2.05) is 30.3 Å². The molecule has 1 amide bonds. The van der Waals surface area contributed by atoms with Crippen LogP contribution in [0.15, 0.2) is 30.3 Å². The van der Waals surface area contributed by atoms with Gasteiger partial charge < -0.3 is 15.2 Å². The minimum absolute atomic E-state index is 0.0755. The Kier molecular flexibility index (Phi) is 6.48. The molecule has 0 aliphatic carbocycles. The normalized spacial score (nSPS) is 11.4. The second-order valence-electron chi connectivity index (χ2n) is 5.50. The molecule has 1 aromatic rings. The van der Waals surface area contributed by atoms with Crippen molar-refractivity contribution >= 4 is 5.91 Å². The molecule has 1 rings (SSSR count). The quantitative estimate of drug-likeness (QED) is 0.694. The Balaban J connectivity index is 2.14. The molecule has 0 bridgehead atoms. The van der Waals surface area contributed by atoms with E-state index in [-0.39, 0.29) is 12.5 Å². The molecular weight excluding hydrogens is 256 g/mol. The van der Waals surface area contributed by atoms with Gasteiger partial charge >= 0.3 is 0 Å². The first kappa shape index (κ1) is 16.5. The van der Waals surface area contributed by atoms with Crippen molar-refractivity contribution in [1.29, 1.82) is 0 Å². The van der Waals surface area contributed by atoms with Gasteiger partial charge in [0.2, 0.25) is 5.91 Å². The number of aliphatic hydroxyl groups is 1. The molecule has 0 heterocycles. The highest BCUT2D eigenvalue weighted by molar-refractivity contribution is 5.77. The maximum absolute atomic E-state index is 11.7. The molecule has 0 saturated heterocycles. The molecule has 0 saturated carbocycles. The highest BCUT2D eigenvalue weighted by Crippen LogP contribution is 2.07. The fourth-order valence-electron chi connectivity index (χ4n) is 1.89. The first-order chi connectivity index (χ1) is 9.37. The Morgan fingerprint density at radius 3 is 2.60 bits per heavy atom. The largest absolute Gasteiger partial charge is 0.492 e. The summed E-state index contributed by atoms with van der Waals surface area (Å²) in [5.74, 6) is 0.717.